The summed E-state index contributed by atoms with van der Waals surface area (Å²) in [6, 6.07) is 12.5. The molecule has 0 unspecified atom stereocenters. The van der Waals surface area contributed by atoms with Crippen LogP contribution in [0.2, 0.25) is 0 Å². The van der Waals surface area contributed by atoms with Gasteiger partial charge in [-0.3, -0.25) is 0 Å². The average molecular weight is 685 g/mol. The molecule has 0 saturated carbocycles. The molecule has 0 aromatic heterocycles. The minimum absolute atomic E-state index is 0.0253. The number of aryl methyl sites for hydroxylation is 3. The van der Waals surface area contributed by atoms with E-state index in [2.05, 4.69) is 58.0 Å². The van der Waals surface area contributed by atoms with Gasteiger partial charge in [-0.25, -0.2) is 8.78 Å². The Bertz CT molecular complexity index is 1570. The van der Waals surface area contributed by atoms with Gasteiger partial charge in [0.05, 0.1) is 5.56 Å². The molecular formula is C47H66F2O. The highest BCUT2D eigenvalue weighted by Gasteiger charge is 2.26. The highest BCUT2D eigenvalue weighted by atomic mass is 19.1. The minimum atomic E-state index is -0.546. The van der Waals surface area contributed by atoms with Gasteiger partial charge in [0.2, 0.25) is 0 Å². The Morgan fingerprint density at radius 2 is 1.08 bits per heavy atom. The zero-order valence-corrected chi connectivity index (χ0v) is 32.0. The third-order valence-electron chi connectivity index (χ3n) is 10.7. The predicted octanol–water partition coefficient (Wildman–Crippen LogP) is 13.9. The highest BCUT2D eigenvalue weighted by molar-refractivity contribution is 5.86. The largest absolute Gasteiger partial charge is 0.456 e. The third kappa shape index (κ3) is 12.1. The average Bonchev–Trinajstić information content (AvgIpc) is 3.10. The van der Waals surface area contributed by atoms with Gasteiger partial charge in [-0.15, -0.1) is 0 Å². The molecule has 0 atom stereocenters. The topological polar surface area (TPSA) is 9.23 Å². The van der Waals surface area contributed by atoms with E-state index in [1.165, 1.54) is 152 Å². The molecule has 0 N–H and O–H groups in total. The van der Waals surface area contributed by atoms with E-state index >= 15 is 8.78 Å². The van der Waals surface area contributed by atoms with Crippen LogP contribution >= 0.6 is 0 Å². The van der Waals surface area contributed by atoms with E-state index in [1.54, 1.807) is 0 Å². The first-order valence-electron chi connectivity index (χ1n) is 20.6. The summed E-state index contributed by atoms with van der Waals surface area (Å²) in [6.07, 6.45) is 32.1. The maximum Gasteiger partial charge on any atom is 0.135 e. The first kappa shape index (κ1) is 39.8. The van der Waals surface area contributed by atoms with Crippen LogP contribution in [0.5, 0.6) is 11.5 Å². The van der Waals surface area contributed by atoms with Crippen LogP contribution in [0, 0.1) is 25.5 Å². The van der Waals surface area contributed by atoms with Crippen molar-refractivity contribution in [2.24, 2.45) is 0 Å². The molecule has 50 heavy (non-hydrogen) atoms. The Hall–Kier alpha value is -2.94. The molecule has 0 saturated heterocycles. The lowest BCUT2D eigenvalue weighted by molar-refractivity contribution is 0.469. The summed E-state index contributed by atoms with van der Waals surface area (Å²) < 4.78 is 37.5. The number of rotatable bonds is 24. The first-order chi connectivity index (χ1) is 24.4. The Morgan fingerprint density at radius 3 is 1.64 bits per heavy atom. The Balaban J connectivity index is 1.45. The van der Waals surface area contributed by atoms with Crippen LogP contribution in [0.4, 0.5) is 8.78 Å². The van der Waals surface area contributed by atoms with Gasteiger partial charge in [-0.2, -0.15) is 0 Å². The van der Waals surface area contributed by atoms with Crippen molar-refractivity contribution in [3.8, 4) is 11.5 Å². The molecule has 274 valence electrons. The van der Waals surface area contributed by atoms with E-state index in [0.29, 0.717) is 17.1 Å². The van der Waals surface area contributed by atoms with E-state index in [9.17, 15) is 0 Å². The number of hydrogen-bond acceptors (Lipinski definition) is 1. The summed E-state index contributed by atoms with van der Waals surface area (Å²) in [5.41, 5.74) is 4.89. The van der Waals surface area contributed by atoms with Crippen molar-refractivity contribution in [3.63, 3.8) is 0 Å². The lowest BCUT2D eigenvalue weighted by atomic mass is 9.88. The standard InChI is InChI=1S/C47H66F2O/c1-5-7-9-11-13-15-17-19-21-23-25-28-38-34-44-40(32-36(38)3)46(47-42(48)30-27-31-43(47)49)41-33-37(4)39(35-45(41)50-44)29-26-24-22-20-18-16-14-12-10-8-6-2/h27-28,30-35H,5-26,29H2,1-4H3/b38-28-. The summed E-state index contributed by atoms with van der Waals surface area (Å²) >= 11 is 0. The van der Waals surface area contributed by atoms with Crippen LogP contribution in [-0.4, -0.2) is 0 Å². The second-order valence-electron chi connectivity index (χ2n) is 15.0. The maximum absolute atomic E-state index is 15.4. The van der Waals surface area contributed by atoms with Crippen molar-refractivity contribution >= 4 is 11.6 Å². The summed E-state index contributed by atoms with van der Waals surface area (Å²) in [5.74, 6) is 0.286. The molecule has 0 aliphatic carbocycles. The van der Waals surface area contributed by atoms with E-state index in [0.717, 1.165) is 46.4 Å². The molecule has 3 heteroatoms. The molecule has 0 amide bonds. The molecule has 1 aliphatic rings. The molecule has 0 radical (unpaired) electrons. The molecule has 0 bridgehead atoms. The van der Waals surface area contributed by atoms with E-state index in [4.69, 9.17) is 4.74 Å². The van der Waals surface area contributed by atoms with Gasteiger partial charge in [-0.1, -0.05) is 148 Å². The van der Waals surface area contributed by atoms with Gasteiger partial charge in [0.15, 0.2) is 0 Å². The number of benzene rings is 3. The van der Waals surface area contributed by atoms with Gasteiger partial charge in [0.25, 0.3) is 0 Å². The summed E-state index contributed by atoms with van der Waals surface area (Å²) in [4.78, 5) is 0. The van der Waals surface area contributed by atoms with Gasteiger partial charge < -0.3 is 4.74 Å². The summed E-state index contributed by atoms with van der Waals surface area (Å²) in [5, 5.41) is 1.90. The van der Waals surface area contributed by atoms with Gasteiger partial charge >= 0.3 is 0 Å². The molecule has 1 aliphatic heterocycles. The van der Waals surface area contributed by atoms with Crippen LogP contribution in [0.25, 0.3) is 11.6 Å². The number of halogens is 2. The predicted molar refractivity (Wildman–Crippen MR) is 211 cm³/mol. The number of ether oxygens (including phenoxy) is 1. The van der Waals surface area contributed by atoms with Gasteiger partial charge in [0.1, 0.15) is 23.1 Å². The van der Waals surface area contributed by atoms with Gasteiger partial charge in [0, 0.05) is 16.4 Å². The molecule has 0 spiro atoms. The SMILES string of the molecule is CCCCCCCCCCCC/C=c1/cc2c(cc1C)=C(c1c(F)cccc1F)c1cc(C)c(CCCCCCCCCCCCC)cc1O2. The molecule has 3 aromatic rings. The second-order valence-corrected chi connectivity index (χ2v) is 15.0. The zero-order chi connectivity index (χ0) is 35.6. The minimum Gasteiger partial charge on any atom is -0.456 e. The lowest BCUT2D eigenvalue weighted by Crippen LogP contribution is -2.23. The summed E-state index contributed by atoms with van der Waals surface area (Å²) in [7, 11) is 0. The smallest absolute Gasteiger partial charge is 0.135 e. The molecule has 0 fully saturated rings. The van der Waals surface area contributed by atoms with E-state index in [-0.39, 0.29) is 5.56 Å². The van der Waals surface area contributed by atoms with Crippen LogP contribution in [0.15, 0.2) is 42.5 Å². The fourth-order valence-electron chi connectivity index (χ4n) is 7.62. The molecular weight excluding hydrogens is 619 g/mol. The first-order valence-corrected chi connectivity index (χ1v) is 20.6. The highest BCUT2D eigenvalue weighted by Crippen LogP contribution is 2.39. The van der Waals surface area contributed by atoms with E-state index in [1.807, 2.05) is 0 Å². The molecule has 1 nitrogen and oxygen atoms in total. The number of unbranched alkanes of at least 4 members (excludes halogenated alkanes) is 20. The van der Waals surface area contributed by atoms with Crippen LogP contribution in [0.1, 0.15) is 183 Å². The second kappa shape index (κ2) is 22.1. The Morgan fingerprint density at radius 1 is 0.560 bits per heavy atom. The van der Waals surface area contributed by atoms with Crippen LogP contribution in [-0.2, 0) is 6.42 Å². The van der Waals surface area contributed by atoms with Crippen molar-refractivity contribution in [2.75, 3.05) is 0 Å². The lowest BCUT2D eigenvalue weighted by Gasteiger charge is -2.24. The fourth-order valence-corrected chi connectivity index (χ4v) is 7.62. The quantitative estimate of drug-likeness (QED) is 0.0668. The van der Waals surface area contributed by atoms with Crippen LogP contribution in [0.3, 0.4) is 0 Å². The van der Waals surface area contributed by atoms with Crippen molar-refractivity contribution in [1.82, 2.24) is 0 Å². The summed E-state index contributed by atoms with van der Waals surface area (Å²) in [6.45, 7) is 8.76. The van der Waals surface area contributed by atoms with Crippen LogP contribution < -0.4 is 15.2 Å². The zero-order valence-electron chi connectivity index (χ0n) is 32.0. The number of fused-ring (bicyclic) bond motifs is 2. The van der Waals surface area contributed by atoms with Gasteiger partial charge in [-0.05, 0) is 97.8 Å². The van der Waals surface area contributed by atoms with Crippen molar-refractivity contribution in [2.45, 2.75) is 175 Å². The maximum atomic E-state index is 15.4. The molecule has 1 heterocycles. The number of hydrogen-bond donors (Lipinski definition) is 0. The normalized spacial score (nSPS) is 12.7. The van der Waals surface area contributed by atoms with Crippen molar-refractivity contribution in [3.05, 3.63) is 92.4 Å². The Labute approximate surface area is 303 Å². The van der Waals surface area contributed by atoms with E-state index < -0.39 is 11.6 Å². The monoisotopic (exact) mass is 685 g/mol. The van der Waals surface area contributed by atoms with Crippen molar-refractivity contribution < 1.29 is 13.5 Å². The van der Waals surface area contributed by atoms with Crippen molar-refractivity contribution in [1.29, 1.82) is 0 Å². The fraction of sp³-hybridized carbons (Fsp3) is 0.574. The molecule has 3 aromatic carbocycles. The third-order valence-corrected chi connectivity index (χ3v) is 10.7. The Kier molecular flexibility index (Phi) is 17.6. The molecule has 4 rings (SSSR count).